The number of benzene rings is 2. The molecule has 0 unspecified atom stereocenters. The Balaban J connectivity index is 2.22. The second-order valence-corrected chi connectivity index (χ2v) is 4.08. The van der Waals surface area contributed by atoms with E-state index in [1.807, 2.05) is 30.3 Å². The Kier molecular flexibility index (Phi) is 3.93. The topological polar surface area (TPSA) is 63.4 Å². The van der Waals surface area contributed by atoms with E-state index in [1.165, 1.54) is 12.3 Å². The maximum Gasteiger partial charge on any atom is 0.336 e. The molecule has 0 saturated heterocycles. The van der Waals surface area contributed by atoms with Crippen LogP contribution in [0.4, 0.5) is 0 Å². The van der Waals surface area contributed by atoms with Gasteiger partial charge in [0.05, 0.1) is 5.56 Å². The lowest BCUT2D eigenvalue weighted by Crippen LogP contribution is -2.10. The van der Waals surface area contributed by atoms with E-state index in [2.05, 4.69) is 0 Å². The summed E-state index contributed by atoms with van der Waals surface area (Å²) in [6.45, 7) is 0.0113. The molecule has 0 amide bonds. The second-order valence-electron chi connectivity index (χ2n) is 4.08. The van der Waals surface area contributed by atoms with Gasteiger partial charge in [0.15, 0.2) is 12.8 Å². The molecular formula is C15H13NO3. The SMILES string of the molecule is O=C(O)c1ccccc1C/[N+]([O-])=C\c1ccccc1. The smallest absolute Gasteiger partial charge is 0.336 e. The molecule has 1 N–H and O–H groups in total. The average molecular weight is 255 g/mol. The standard InChI is InChI=1S/C15H13NO3/c17-15(18)14-9-5-4-8-13(14)11-16(19)10-12-6-2-1-3-7-12/h1-10H,11H2,(H,17,18)/b16-10+. The van der Waals surface area contributed by atoms with E-state index in [4.69, 9.17) is 5.11 Å². The summed E-state index contributed by atoms with van der Waals surface area (Å²) in [5.74, 6) is -1.02. The van der Waals surface area contributed by atoms with Crippen molar-refractivity contribution in [1.29, 1.82) is 0 Å². The lowest BCUT2D eigenvalue weighted by atomic mass is 10.1. The fourth-order valence-electron chi connectivity index (χ4n) is 1.79. The Morgan fingerprint density at radius 2 is 1.74 bits per heavy atom. The van der Waals surface area contributed by atoms with E-state index in [1.54, 1.807) is 18.2 Å². The van der Waals surface area contributed by atoms with E-state index in [0.717, 1.165) is 10.3 Å². The van der Waals surface area contributed by atoms with Crippen molar-refractivity contribution in [3.05, 3.63) is 76.5 Å². The van der Waals surface area contributed by atoms with Crippen LogP contribution in [0.25, 0.3) is 0 Å². The summed E-state index contributed by atoms with van der Waals surface area (Å²) in [6, 6.07) is 15.7. The molecule has 4 heteroatoms. The van der Waals surface area contributed by atoms with Crippen LogP contribution in [0.3, 0.4) is 0 Å². The van der Waals surface area contributed by atoms with Gasteiger partial charge in [0.2, 0.25) is 0 Å². The van der Waals surface area contributed by atoms with Gasteiger partial charge in [-0.25, -0.2) is 9.53 Å². The number of carboxylic acids is 1. The van der Waals surface area contributed by atoms with Crippen LogP contribution in [-0.4, -0.2) is 22.0 Å². The van der Waals surface area contributed by atoms with Gasteiger partial charge in [-0.15, -0.1) is 0 Å². The first-order chi connectivity index (χ1) is 9.16. The largest absolute Gasteiger partial charge is 0.624 e. The van der Waals surface area contributed by atoms with Gasteiger partial charge >= 0.3 is 5.97 Å². The third kappa shape index (κ3) is 3.42. The molecule has 0 aliphatic carbocycles. The van der Waals surface area contributed by atoms with Crippen LogP contribution in [0, 0.1) is 5.21 Å². The second kappa shape index (κ2) is 5.82. The maximum atomic E-state index is 11.8. The van der Waals surface area contributed by atoms with Gasteiger partial charge in [-0.05, 0) is 18.2 Å². The van der Waals surface area contributed by atoms with Gasteiger partial charge in [-0.2, -0.15) is 0 Å². The van der Waals surface area contributed by atoms with Crippen LogP contribution in [0.1, 0.15) is 21.5 Å². The molecule has 2 aromatic carbocycles. The molecule has 2 aromatic rings. The maximum absolute atomic E-state index is 11.8. The minimum absolute atomic E-state index is 0.0113. The Morgan fingerprint density at radius 3 is 2.42 bits per heavy atom. The predicted octanol–water partition coefficient (Wildman–Crippen LogP) is 2.51. The molecule has 0 aromatic heterocycles. The van der Waals surface area contributed by atoms with E-state index in [9.17, 15) is 10.0 Å². The molecule has 0 fully saturated rings. The summed E-state index contributed by atoms with van der Waals surface area (Å²) in [6.07, 6.45) is 1.44. The van der Waals surface area contributed by atoms with Crippen molar-refractivity contribution in [2.75, 3.05) is 0 Å². The first kappa shape index (κ1) is 12.8. The zero-order chi connectivity index (χ0) is 13.7. The van der Waals surface area contributed by atoms with Gasteiger partial charge in [0.1, 0.15) is 0 Å². The molecule has 0 saturated carbocycles. The molecule has 2 rings (SSSR count). The zero-order valence-corrected chi connectivity index (χ0v) is 10.2. The summed E-state index contributed by atoms with van der Waals surface area (Å²) in [4.78, 5) is 11.0. The Labute approximate surface area is 110 Å². The molecule has 0 radical (unpaired) electrons. The Morgan fingerprint density at radius 1 is 1.11 bits per heavy atom. The lowest BCUT2D eigenvalue weighted by Gasteiger charge is -2.06. The predicted molar refractivity (Wildman–Crippen MR) is 72.3 cm³/mol. The van der Waals surface area contributed by atoms with E-state index >= 15 is 0 Å². The van der Waals surface area contributed by atoms with Crippen LogP contribution in [0.5, 0.6) is 0 Å². The van der Waals surface area contributed by atoms with Gasteiger partial charge in [0, 0.05) is 11.1 Å². The average Bonchev–Trinajstić information content (AvgIpc) is 2.40. The number of hydroxylamine groups is 1. The minimum atomic E-state index is -1.02. The molecule has 0 aliphatic rings. The third-order valence-corrected chi connectivity index (χ3v) is 2.67. The van der Waals surface area contributed by atoms with Gasteiger partial charge in [0.25, 0.3) is 0 Å². The minimum Gasteiger partial charge on any atom is -0.624 e. The van der Waals surface area contributed by atoms with Crippen molar-refractivity contribution in [1.82, 2.24) is 0 Å². The highest BCUT2D eigenvalue weighted by molar-refractivity contribution is 5.89. The molecule has 19 heavy (non-hydrogen) atoms. The van der Waals surface area contributed by atoms with Crippen molar-refractivity contribution in [2.24, 2.45) is 0 Å². The van der Waals surface area contributed by atoms with Crippen molar-refractivity contribution in [2.45, 2.75) is 6.54 Å². The van der Waals surface area contributed by atoms with E-state index < -0.39 is 5.97 Å². The fourth-order valence-corrected chi connectivity index (χ4v) is 1.79. The molecule has 96 valence electrons. The molecular weight excluding hydrogens is 242 g/mol. The quantitative estimate of drug-likeness (QED) is 0.395. The summed E-state index contributed by atoms with van der Waals surface area (Å²) >= 11 is 0. The van der Waals surface area contributed by atoms with Crippen LogP contribution >= 0.6 is 0 Å². The Hall–Kier alpha value is -2.62. The number of hydrogen-bond donors (Lipinski definition) is 1. The number of nitrogens with zero attached hydrogens (tertiary/aromatic N) is 1. The molecule has 0 bridgehead atoms. The first-order valence-electron chi connectivity index (χ1n) is 5.81. The zero-order valence-electron chi connectivity index (χ0n) is 10.2. The highest BCUT2D eigenvalue weighted by Gasteiger charge is 2.11. The summed E-state index contributed by atoms with van der Waals surface area (Å²) in [5, 5.41) is 20.9. The van der Waals surface area contributed by atoms with Crippen molar-refractivity contribution in [3.63, 3.8) is 0 Å². The first-order valence-corrected chi connectivity index (χ1v) is 5.81. The number of carbonyl (C=O) groups is 1. The normalized spacial score (nSPS) is 11.3. The highest BCUT2D eigenvalue weighted by atomic mass is 16.5. The highest BCUT2D eigenvalue weighted by Crippen LogP contribution is 2.09. The number of rotatable bonds is 4. The molecule has 0 atom stereocenters. The summed E-state index contributed by atoms with van der Waals surface area (Å²) < 4.78 is 0.733. The van der Waals surface area contributed by atoms with Crippen LogP contribution in [0.2, 0.25) is 0 Å². The van der Waals surface area contributed by atoms with Crippen LogP contribution in [0.15, 0.2) is 54.6 Å². The van der Waals surface area contributed by atoms with Crippen molar-refractivity contribution < 1.29 is 14.6 Å². The molecule has 0 spiro atoms. The third-order valence-electron chi connectivity index (χ3n) is 2.67. The fraction of sp³-hybridized carbons (Fsp3) is 0.0667. The number of hydrogen-bond acceptors (Lipinski definition) is 2. The van der Waals surface area contributed by atoms with Gasteiger partial charge < -0.3 is 10.3 Å². The summed E-state index contributed by atoms with van der Waals surface area (Å²) in [5.41, 5.74) is 1.44. The lowest BCUT2D eigenvalue weighted by molar-refractivity contribution is -0.469. The van der Waals surface area contributed by atoms with Crippen LogP contribution in [-0.2, 0) is 6.54 Å². The van der Waals surface area contributed by atoms with Crippen LogP contribution < -0.4 is 0 Å². The number of aromatic carboxylic acids is 1. The van der Waals surface area contributed by atoms with E-state index in [0.29, 0.717) is 5.56 Å². The Bertz CT molecular complexity index is 606. The summed E-state index contributed by atoms with van der Waals surface area (Å²) in [7, 11) is 0. The monoisotopic (exact) mass is 255 g/mol. The molecule has 0 aliphatic heterocycles. The van der Waals surface area contributed by atoms with Crippen molar-refractivity contribution in [3.8, 4) is 0 Å². The molecule has 0 heterocycles. The number of carboxylic acid groups (broad SMARTS) is 1. The van der Waals surface area contributed by atoms with Gasteiger partial charge in [-0.3, -0.25) is 0 Å². The van der Waals surface area contributed by atoms with Gasteiger partial charge in [-0.1, -0.05) is 36.4 Å². The molecule has 4 nitrogen and oxygen atoms in total. The van der Waals surface area contributed by atoms with Crippen molar-refractivity contribution >= 4 is 12.2 Å². The van der Waals surface area contributed by atoms with E-state index in [-0.39, 0.29) is 12.1 Å².